The molecule has 0 saturated carbocycles. The second-order valence-electron chi connectivity index (χ2n) is 11.3. The van der Waals surface area contributed by atoms with Crippen molar-refractivity contribution in [2.75, 3.05) is 13.2 Å². The quantitative estimate of drug-likeness (QED) is 0.452. The Labute approximate surface area is 212 Å². The minimum atomic E-state index is -0.594. The fourth-order valence-electron chi connectivity index (χ4n) is 6.27. The Balaban J connectivity index is 1.61. The van der Waals surface area contributed by atoms with E-state index >= 15 is 0 Å². The van der Waals surface area contributed by atoms with Crippen LogP contribution in [-0.4, -0.2) is 62.5 Å². The summed E-state index contributed by atoms with van der Waals surface area (Å²) in [5, 5.41) is 15.4. The van der Waals surface area contributed by atoms with Crippen LogP contribution in [0.4, 0.5) is 0 Å². The number of hydrogen-bond donors (Lipinski definition) is 3. The summed E-state index contributed by atoms with van der Waals surface area (Å²) in [6.07, 6.45) is 3.02. The number of likely N-dealkylation sites (tertiary alicyclic amines) is 1. The third-order valence-electron chi connectivity index (χ3n) is 7.66. The van der Waals surface area contributed by atoms with Gasteiger partial charge < -0.3 is 20.6 Å². The number of nitrogens with one attached hydrogen (secondary N) is 2. The van der Waals surface area contributed by atoms with Crippen LogP contribution in [0.15, 0.2) is 30.3 Å². The van der Waals surface area contributed by atoms with E-state index in [1.54, 1.807) is 16.7 Å². The number of fused-ring (bicyclic) bond motifs is 1. The van der Waals surface area contributed by atoms with E-state index in [2.05, 4.69) is 17.6 Å². The van der Waals surface area contributed by atoms with E-state index < -0.39 is 28.2 Å². The van der Waals surface area contributed by atoms with Gasteiger partial charge in [0.2, 0.25) is 17.7 Å². The lowest BCUT2D eigenvalue weighted by Crippen LogP contribution is -2.59. The van der Waals surface area contributed by atoms with Crippen molar-refractivity contribution in [3.8, 4) is 0 Å². The van der Waals surface area contributed by atoms with Crippen LogP contribution < -0.4 is 10.6 Å². The van der Waals surface area contributed by atoms with Crippen LogP contribution in [0.2, 0.25) is 0 Å². The molecule has 0 radical (unpaired) electrons. The van der Waals surface area contributed by atoms with Crippen LogP contribution >= 0.6 is 11.8 Å². The largest absolute Gasteiger partial charge is 0.396 e. The van der Waals surface area contributed by atoms with Gasteiger partial charge in [0.05, 0.1) is 16.6 Å². The summed E-state index contributed by atoms with van der Waals surface area (Å²) in [7, 11) is 0. The predicted octanol–water partition coefficient (Wildman–Crippen LogP) is 2.72. The molecule has 4 rings (SSSR count). The average Bonchev–Trinajstić information content (AvgIpc) is 3.38. The van der Waals surface area contributed by atoms with E-state index in [1.807, 2.05) is 51.1 Å². The molecule has 3 amide bonds. The Bertz CT molecular complexity index is 949. The smallest absolute Gasteiger partial charge is 0.244 e. The number of nitrogens with zero attached hydrogens (tertiary/aromatic N) is 1. The third kappa shape index (κ3) is 4.84. The van der Waals surface area contributed by atoms with Gasteiger partial charge in [0.15, 0.2) is 0 Å². The van der Waals surface area contributed by atoms with Crippen LogP contribution in [0.3, 0.4) is 0 Å². The number of hydrogen-bond acceptors (Lipinski definition) is 5. The molecule has 3 aliphatic heterocycles. The Morgan fingerprint density at radius 1 is 1.14 bits per heavy atom. The van der Waals surface area contributed by atoms with Gasteiger partial charge in [-0.3, -0.25) is 14.4 Å². The van der Waals surface area contributed by atoms with E-state index in [0.717, 1.165) is 24.8 Å². The number of carbonyl (C=O) groups is 3. The van der Waals surface area contributed by atoms with Crippen LogP contribution in [0, 0.1) is 17.8 Å². The molecule has 3 unspecified atom stereocenters. The van der Waals surface area contributed by atoms with E-state index in [1.165, 1.54) is 0 Å². The molecule has 3 aliphatic rings. The minimum Gasteiger partial charge on any atom is -0.396 e. The number of aliphatic hydroxyl groups is 1. The van der Waals surface area contributed by atoms with Gasteiger partial charge in [-0.05, 0) is 57.9 Å². The van der Waals surface area contributed by atoms with Crippen molar-refractivity contribution >= 4 is 29.5 Å². The van der Waals surface area contributed by atoms with Gasteiger partial charge in [-0.15, -0.1) is 11.8 Å². The number of benzene rings is 1. The van der Waals surface area contributed by atoms with Gasteiger partial charge in [0.25, 0.3) is 0 Å². The molecule has 3 fully saturated rings. The molecule has 2 bridgehead atoms. The second kappa shape index (κ2) is 10.1. The maximum absolute atomic E-state index is 14.0. The van der Waals surface area contributed by atoms with Crippen molar-refractivity contribution in [1.82, 2.24) is 15.5 Å². The first-order valence-corrected chi connectivity index (χ1v) is 13.7. The molecular weight excluding hydrogens is 462 g/mol. The normalized spacial score (nSPS) is 31.5. The Morgan fingerprint density at radius 3 is 2.51 bits per heavy atom. The molecule has 1 aromatic rings. The molecule has 1 spiro atoms. The summed E-state index contributed by atoms with van der Waals surface area (Å²) in [6, 6.07) is 9.18. The molecule has 192 valence electrons. The van der Waals surface area contributed by atoms with E-state index in [0.29, 0.717) is 19.5 Å². The first kappa shape index (κ1) is 26.0. The fraction of sp³-hybridized carbons (Fsp3) is 0.667. The molecule has 8 heteroatoms. The van der Waals surface area contributed by atoms with Crippen LogP contribution in [0.25, 0.3) is 0 Å². The first-order chi connectivity index (χ1) is 16.6. The summed E-state index contributed by atoms with van der Waals surface area (Å²) in [6.45, 7) is 9.00. The van der Waals surface area contributed by atoms with Gasteiger partial charge in [0.1, 0.15) is 6.04 Å². The van der Waals surface area contributed by atoms with Crippen molar-refractivity contribution in [2.45, 2.75) is 81.5 Å². The maximum atomic E-state index is 14.0. The number of carbonyl (C=O) groups excluding carboxylic acids is 3. The Hall–Kier alpha value is -2.06. The molecule has 0 aromatic heterocycles. The lowest BCUT2D eigenvalue weighted by molar-refractivity contribution is -0.140. The maximum Gasteiger partial charge on any atom is 0.244 e. The third-order valence-corrected chi connectivity index (χ3v) is 9.74. The minimum absolute atomic E-state index is 0.0381. The second-order valence-corrected chi connectivity index (χ2v) is 12.9. The highest BCUT2D eigenvalue weighted by molar-refractivity contribution is 8.02. The molecule has 1 aromatic carbocycles. The molecule has 7 nitrogen and oxygen atoms in total. The van der Waals surface area contributed by atoms with Crippen LogP contribution in [0.5, 0.6) is 0 Å². The molecule has 3 saturated heterocycles. The number of thioether (sulfide) groups is 1. The van der Waals surface area contributed by atoms with Crippen LogP contribution in [-0.2, 0) is 20.9 Å². The standard InChI is InChI=1S/C27H39N3O4S/c1-17-15-19-20(23(32)28-16-18-11-7-5-8-12-18)21-25(34)30(13-9-6-10-14-31)22(27(17,21)35-19)24(33)29-26(2,3)4/h5,7-8,11-12,17,19-22,31H,6,9-10,13-16H2,1-4H3,(H,28,32)(H,29,33)/t17?,19-,20+,21-,22?,27?/m0/s1. The molecule has 3 N–H and O–H groups in total. The Kier molecular flexibility index (Phi) is 7.53. The summed E-state index contributed by atoms with van der Waals surface area (Å²) in [4.78, 5) is 42.9. The van der Waals surface area contributed by atoms with Crippen LogP contribution in [0.1, 0.15) is 58.9 Å². The summed E-state index contributed by atoms with van der Waals surface area (Å²) < 4.78 is -0.594. The summed E-state index contributed by atoms with van der Waals surface area (Å²) in [5.74, 6) is -1.05. The van der Waals surface area contributed by atoms with Crippen molar-refractivity contribution in [1.29, 1.82) is 0 Å². The molecule has 0 aliphatic carbocycles. The highest BCUT2D eigenvalue weighted by Crippen LogP contribution is 2.68. The zero-order chi connectivity index (χ0) is 25.4. The molecule has 35 heavy (non-hydrogen) atoms. The zero-order valence-corrected chi connectivity index (χ0v) is 22.1. The number of aliphatic hydroxyl groups excluding tert-OH is 1. The molecular formula is C27H39N3O4S. The Morgan fingerprint density at radius 2 is 1.86 bits per heavy atom. The highest BCUT2D eigenvalue weighted by Gasteiger charge is 2.75. The monoisotopic (exact) mass is 501 g/mol. The topological polar surface area (TPSA) is 98.7 Å². The fourth-order valence-corrected chi connectivity index (χ4v) is 8.69. The SMILES string of the molecule is CC1C[C@@H]2SC13C(C(=O)NC(C)(C)C)N(CCCCCO)C(=O)[C@@H]3[C@@H]2C(=O)NCc1ccccc1. The number of unbranched alkanes of at least 4 members (excludes halogenated alkanes) is 2. The van der Waals surface area contributed by atoms with E-state index in [9.17, 15) is 14.4 Å². The van der Waals surface area contributed by atoms with Crippen molar-refractivity contribution in [3.05, 3.63) is 35.9 Å². The van der Waals surface area contributed by atoms with Crippen molar-refractivity contribution in [3.63, 3.8) is 0 Å². The average molecular weight is 502 g/mol. The van der Waals surface area contributed by atoms with Crippen molar-refractivity contribution in [2.24, 2.45) is 17.8 Å². The van der Waals surface area contributed by atoms with Gasteiger partial charge in [-0.25, -0.2) is 0 Å². The van der Waals surface area contributed by atoms with Crippen molar-refractivity contribution < 1.29 is 19.5 Å². The summed E-state index contributed by atoms with van der Waals surface area (Å²) >= 11 is 1.71. The number of rotatable bonds is 9. The zero-order valence-electron chi connectivity index (χ0n) is 21.3. The van der Waals surface area contributed by atoms with E-state index in [-0.39, 0.29) is 35.5 Å². The molecule has 6 atom stereocenters. The van der Waals surface area contributed by atoms with Gasteiger partial charge >= 0.3 is 0 Å². The summed E-state index contributed by atoms with van der Waals surface area (Å²) in [5.41, 5.74) is 0.597. The van der Waals surface area contributed by atoms with Gasteiger partial charge in [-0.1, -0.05) is 37.3 Å². The number of amides is 3. The predicted molar refractivity (Wildman–Crippen MR) is 137 cm³/mol. The van der Waals surface area contributed by atoms with Gasteiger partial charge in [-0.2, -0.15) is 0 Å². The molecule has 3 heterocycles. The first-order valence-electron chi connectivity index (χ1n) is 12.8. The lowest BCUT2D eigenvalue weighted by Gasteiger charge is -2.39. The van der Waals surface area contributed by atoms with Gasteiger partial charge in [0, 0.05) is 30.5 Å². The highest BCUT2D eigenvalue weighted by atomic mass is 32.2. The van der Waals surface area contributed by atoms with E-state index in [4.69, 9.17) is 5.11 Å². The lowest BCUT2D eigenvalue weighted by atomic mass is 9.65.